The van der Waals surface area contributed by atoms with Crippen LogP contribution < -0.4 is 20.5 Å². The third-order valence-corrected chi connectivity index (χ3v) is 5.15. The first kappa shape index (κ1) is 19.4. The molecule has 8 nitrogen and oxygen atoms in total. The van der Waals surface area contributed by atoms with Gasteiger partial charge in [-0.15, -0.1) is 0 Å². The van der Waals surface area contributed by atoms with Gasteiger partial charge in [0, 0.05) is 11.8 Å². The molecule has 1 saturated heterocycles. The quantitative estimate of drug-likeness (QED) is 0.669. The summed E-state index contributed by atoms with van der Waals surface area (Å²) in [5.74, 6) is -1.43. The van der Waals surface area contributed by atoms with E-state index in [1.54, 1.807) is 25.1 Å². The summed E-state index contributed by atoms with van der Waals surface area (Å²) in [7, 11) is 0. The maximum Gasteiger partial charge on any atom is 0.352 e. The number of ether oxygens (including phenoxy) is 3. The Morgan fingerprint density at radius 2 is 2.00 bits per heavy atom. The van der Waals surface area contributed by atoms with E-state index < -0.39 is 23.1 Å². The molecule has 2 aromatic heterocycles. The summed E-state index contributed by atoms with van der Waals surface area (Å²) in [6, 6.07) is 7.06. The Balaban J connectivity index is 1.30. The van der Waals surface area contributed by atoms with Crippen molar-refractivity contribution < 1.29 is 23.0 Å². The zero-order chi connectivity index (χ0) is 21.6. The number of aryl methyl sites for hydroxylation is 1. The third-order valence-electron chi connectivity index (χ3n) is 5.15. The number of benzene rings is 1. The summed E-state index contributed by atoms with van der Waals surface area (Å²) in [5.41, 5.74) is 0.244. The van der Waals surface area contributed by atoms with E-state index in [0.29, 0.717) is 25.6 Å². The molecule has 2 aliphatic rings. The van der Waals surface area contributed by atoms with E-state index >= 15 is 0 Å². The number of pyridine rings is 1. The molecule has 0 saturated carbocycles. The lowest BCUT2D eigenvalue weighted by molar-refractivity contribution is -0.0432. The summed E-state index contributed by atoms with van der Waals surface area (Å²) in [4.78, 5) is 20.2. The van der Waals surface area contributed by atoms with E-state index in [-0.39, 0.29) is 29.3 Å². The van der Waals surface area contributed by atoms with Gasteiger partial charge in [-0.1, -0.05) is 0 Å². The third kappa shape index (κ3) is 3.70. The second-order valence-electron chi connectivity index (χ2n) is 7.66. The first-order chi connectivity index (χ1) is 14.9. The lowest BCUT2D eigenvalue weighted by atomic mass is 9.99. The molecule has 0 radical (unpaired) electrons. The molecular formula is C21H18F2N4O4. The summed E-state index contributed by atoms with van der Waals surface area (Å²) in [5, 5.41) is 3.26. The number of nitrogens with zero attached hydrogens (tertiary/aromatic N) is 3. The van der Waals surface area contributed by atoms with Gasteiger partial charge in [-0.2, -0.15) is 4.98 Å². The van der Waals surface area contributed by atoms with Crippen molar-refractivity contribution in [3.8, 4) is 17.4 Å². The van der Waals surface area contributed by atoms with Crippen molar-refractivity contribution in [2.24, 2.45) is 0 Å². The fourth-order valence-corrected chi connectivity index (χ4v) is 3.52. The average Bonchev–Trinajstić information content (AvgIpc) is 3.12. The minimum atomic E-state index is -0.880. The largest absolute Gasteiger partial charge is 0.473 e. The van der Waals surface area contributed by atoms with Crippen LogP contribution in [0.2, 0.25) is 0 Å². The fourth-order valence-electron chi connectivity index (χ4n) is 3.52. The normalized spacial score (nSPS) is 15.8. The monoisotopic (exact) mass is 428 g/mol. The molecule has 0 bridgehead atoms. The molecule has 0 amide bonds. The average molecular weight is 428 g/mol. The lowest BCUT2D eigenvalue weighted by Gasteiger charge is -2.37. The molecule has 0 atom stereocenters. The summed E-state index contributed by atoms with van der Waals surface area (Å²) < 4.78 is 46.4. The van der Waals surface area contributed by atoms with Crippen molar-refractivity contribution in [2.45, 2.75) is 25.6 Å². The number of hydrogen-bond donors (Lipinski definition) is 1. The minimum absolute atomic E-state index is 0.0629. The topological polar surface area (TPSA) is 87.5 Å². The summed E-state index contributed by atoms with van der Waals surface area (Å²) in [6.45, 7) is 3.11. The number of nitrogens with one attached hydrogen (secondary N) is 1. The van der Waals surface area contributed by atoms with Gasteiger partial charge in [-0.25, -0.2) is 13.6 Å². The Morgan fingerprint density at radius 3 is 2.65 bits per heavy atom. The maximum absolute atomic E-state index is 14.4. The second kappa shape index (κ2) is 7.31. The van der Waals surface area contributed by atoms with Crippen LogP contribution in [0, 0.1) is 18.6 Å². The van der Waals surface area contributed by atoms with E-state index in [1.807, 2.05) is 0 Å². The highest BCUT2D eigenvalue weighted by molar-refractivity contribution is 5.47. The molecular weight excluding hydrogens is 410 g/mol. The zero-order valence-corrected chi connectivity index (χ0v) is 16.5. The van der Waals surface area contributed by atoms with Gasteiger partial charge in [0.25, 0.3) is 0 Å². The molecule has 0 aliphatic carbocycles. The molecule has 0 unspecified atom stereocenters. The van der Waals surface area contributed by atoms with Gasteiger partial charge < -0.3 is 19.5 Å². The van der Waals surface area contributed by atoms with Crippen LogP contribution in [0.1, 0.15) is 11.3 Å². The van der Waals surface area contributed by atoms with Crippen molar-refractivity contribution in [3.05, 3.63) is 69.9 Å². The van der Waals surface area contributed by atoms with Crippen LogP contribution in [-0.4, -0.2) is 33.3 Å². The second-order valence-corrected chi connectivity index (χ2v) is 7.66. The van der Waals surface area contributed by atoms with E-state index in [4.69, 9.17) is 14.2 Å². The molecule has 1 aromatic carbocycles. The van der Waals surface area contributed by atoms with Crippen molar-refractivity contribution in [2.75, 3.05) is 18.5 Å². The van der Waals surface area contributed by atoms with Gasteiger partial charge in [-0.3, -0.25) is 9.55 Å². The molecule has 3 aromatic rings. The molecule has 1 spiro atoms. The smallest absolute Gasteiger partial charge is 0.352 e. The SMILES string of the molecule is Cc1ccc(Oc2c(F)cc(COc3cc4n(c(=O)n3)CC3(COC3)N4)cc2F)cn1. The highest BCUT2D eigenvalue weighted by Gasteiger charge is 2.44. The van der Waals surface area contributed by atoms with Crippen molar-refractivity contribution in [1.29, 1.82) is 0 Å². The molecule has 1 N–H and O–H groups in total. The summed E-state index contributed by atoms with van der Waals surface area (Å²) in [6.07, 6.45) is 1.39. The van der Waals surface area contributed by atoms with Crippen LogP contribution in [0.3, 0.4) is 0 Å². The van der Waals surface area contributed by atoms with Crippen LogP contribution in [0.15, 0.2) is 41.3 Å². The number of hydrogen-bond acceptors (Lipinski definition) is 7. The Hall–Kier alpha value is -3.53. The first-order valence-electron chi connectivity index (χ1n) is 9.60. The predicted octanol–water partition coefficient (Wildman–Crippen LogP) is 2.79. The lowest BCUT2D eigenvalue weighted by Crippen LogP contribution is -2.55. The number of fused-ring (bicyclic) bond motifs is 1. The van der Waals surface area contributed by atoms with Gasteiger partial charge in [0.1, 0.15) is 23.7 Å². The number of aromatic nitrogens is 3. The molecule has 1 fully saturated rings. The van der Waals surface area contributed by atoms with E-state index in [0.717, 1.165) is 17.8 Å². The number of anilines is 1. The molecule has 31 heavy (non-hydrogen) atoms. The van der Waals surface area contributed by atoms with Gasteiger partial charge in [0.2, 0.25) is 5.88 Å². The minimum Gasteiger partial charge on any atom is -0.473 e. The summed E-state index contributed by atoms with van der Waals surface area (Å²) >= 11 is 0. The Morgan fingerprint density at radius 1 is 1.23 bits per heavy atom. The van der Waals surface area contributed by atoms with Gasteiger partial charge in [-0.05, 0) is 36.8 Å². The van der Waals surface area contributed by atoms with Gasteiger partial charge >= 0.3 is 5.69 Å². The molecule has 4 heterocycles. The van der Waals surface area contributed by atoms with Crippen LogP contribution in [0.4, 0.5) is 14.6 Å². The van der Waals surface area contributed by atoms with Crippen LogP contribution in [0.5, 0.6) is 17.4 Å². The first-order valence-corrected chi connectivity index (χ1v) is 9.60. The predicted molar refractivity (Wildman–Crippen MR) is 105 cm³/mol. The van der Waals surface area contributed by atoms with E-state index in [9.17, 15) is 13.6 Å². The standard InChI is InChI=1S/C21H18F2N4O4/c1-12-2-3-14(7-24-12)31-19-15(22)4-13(5-16(19)23)8-30-18-6-17-26-21(10-29-11-21)9-27(17)20(28)25-18/h2-7,26H,8-11H2,1H3. The van der Waals surface area contributed by atoms with Crippen molar-refractivity contribution in [3.63, 3.8) is 0 Å². The highest BCUT2D eigenvalue weighted by atomic mass is 19.1. The Kier molecular flexibility index (Phi) is 4.58. The van der Waals surface area contributed by atoms with Crippen LogP contribution in [0.25, 0.3) is 0 Å². The molecule has 2 aliphatic heterocycles. The number of rotatable bonds is 5. The Labute approximate surface area is 175 Å². The highest BCUT2D eigenvalue weighted by Crippen LogP contribution is 2.32. The van der Waals surface area contributed by atoms with Crippen LogP contribution >= 0.6 is 0 Å². The Bertz CT molecular complexity index is 1190. The van der Waals surface area contributed by atoms with E-state index in [2.05, 4.69) is 15.3 Å². The van der Waals surface area contributed by atoms with Gasteiger partial charge in [0.05, 0.1) is 26.0 Å². The number of halogens is 2. The van der Waals surface area contributed by atoms with E-state index in [1.165, 1.54) is 10.8 Å². The maximum atomic E-state index is 14.4. The van der Waals surface area contributed by atoms with Crippen LogP contribution in [-0.2, 0) is 17.9 Å². The van der Waals surface area contributed by atoms with Gasteiger partial charge in [0.15, 0.2) is 17.4 Å². The molecule has 10 heteroatoms. The fraction of sp³-hybridized carbons (Fsp3) is 0.286. The molecule has 160 valence electrons. The van der Waals surface area contributed by atoms with Crippen molar-refractivity contribution >= 4 is 5.82 Å². The van der Waals surface area contributed by atoms with Crippen molar-refractivity contribution in [1.82, 2.24) is 14.5 Å². The molecule has 5 rings (SSSR count). The zero-order valence-electron chi connectivity index (χ0n) is 16.5.